The first kappa shape index (κ1) is 36.1. The summed E-state index contributed by atoms with van der Waals surface area (Å²) in [6.45, 7) is 3.98. The average Bonchev–Trinajstić information content (AvgIpc) is 3.02. The van der Waals surface area contributed by atoms with Gasteiger partial charge in [-0.3, -0.25) is 14.4 Å². The van der Waals surface area contributed by atoms with Gasteiger partial charge in [0, 0.05) is 48.0 Å². The molecule has 0 radical (unpaired) electrons. The van der Waals surface area contributed by atoms with Gasteiger partial charge in [-0.15, -0.1) is 0 Å². The molecule has 45 heavy (non-hydrogen) atoms. The molecule has 3 amide bonds. The van der Waals surface area contributed by atoms with Crippen molar-refractivity contribution in [3.63, 3.8) is 0 Å². The van der Waals surface area contributed by atoms with E-state index >= 15 is 0 Å². The zero-order chi connectivity index (χ0) is 33.0. The first-order valence-electron chi connectivity index (χ1n) is 14.8. The third-order valence-electron chi connectivity index (χ3n) is 7.18. The lowest BCUT2D eigenvalue weighted by molar-refractivity contribution is -0.132. The van der Waals surface area contributed by atoms with Gasteiger partial charge in [0.15, 0.2) is 0 Å². The van der Waals surface area contributed by atoms with Crippen molar-refractivity contribution in [1.29, 1.82) is 0 Å². The van der Waals surface area contributed by atoms with Gasteiger partial charge < -0.3 is 15.3 Å². The molecule has 0 aromatic heterocycles. The Bertz CT molecular complexity index is 1570. The smallest absolute Gasteiger partial charge is 0.264 e. The molecule has 3 aromatic carbocycles. The maximum absolute atomic E-state index is 13.1. The number of aliphatic hydroxyl groups excluding tert-OH is 1. The second-order valence-corrected chi connectivity index (χ2v) is 13.2. The number of amides is 3. The van der Waals surface area contributed by atoms with Crippen molar-refractivity contribution in [3.8, 4) is 11.1 Å². The topological polar surface area (TPSA) is 133 Å². The van der Waals surface area contributed by atoms with Gasteiger partial charge in [0.2, 0.25) is 11.8 Å². The van der Waals surface area contributed by atoms with Crippen molar-refractivity contribution in [2.45, 2.75) is 57.1 Å². The largest absolute Gasteiger partial charge is 0.384 e. The Hall–Kier alpha value is -3.38. The van der Waals surface area contributed by atoms with Crippen LogP contribution in [0.5, 0.6) is 0 Å². The number of sulfonamides is 1. The summed E-state index contributed by atoms with van der Waals surface area (Å²) >= 11 is 11.0. The SMILES string of the molecule is CCCCC(=O)N(CCNC(=O)[C@@H](CS)Cc1ccccc1)Cc1ccc(-c2ccccc2S(=O)(=O)NC(=O)[C@H](C)O)c(Cl)c1. The zero-order valence-corrected chi connectivity index (χ0v) is 27.9. The highest BCUT2D eigenvalue weighted by Crippen LogP contribution is 2.33. The Kier molecular flexibility index (Phi) is 13.9. The number of carbonyl (C=O) groups excluding carboxylic acids is 3. The monoisotopic (exact) mass is 673 g/mol. The predicted molar refractivity (Wildman–Crippen MR) is 179 cm³/mol. The van der Waals surface area contributed by atoms with Gasteiger partial charge in [-0.2, -0.15) is 12.6 Å². The fraction of sp³-hybridized carbons (Fsp3) is 0.364. The number of benzene rings is 3. The summed E-state index contributed by atoms with van der Waals surface area (Å²) in [7, 11) is -4.30. The van der Waals surface area contributed by atoms with E-state index in [1.54, 1.807) is 35.2 Å². The van der Waals surface area contributed by atoms with E-state index in [-0.39, 0.29) is 46.3 Å². The maximum atomic E-state index is 13.1. The molecule has 3 rings (SSSR count). The third-order valence-corrected chi connectivity index (χ3v) is 9.34. The molecule has 0 unspecified atom stereocenters. The molecule has 0 aliphatic carbocycles. The van der Waals surface area contributed by atoms with Crippen LogP contribution in [0.4, 0.5) is 0 Å². The van der Waals surface area contributed by atoms with Crippen molar-refractivity contribution >= 4 is 52.0 Å². The van der Waals surface area contributed by atoms with Crippen LogP contribution in [0.15, 0.2) is 77.7 Å². The lowest BCUT2D eigenvalue weighted by atomic mass is 10.0. The standard InChI is InChI=1S/C33H40ClN3O6S2/c1-3-4-14-31(39)37(18-17-35-33(41)26(22-44)19-24-10-6-5-7-11-24)21-25-15-16-27(29(34)20-25)28-12-8-9-13-30(28)45(42,43)36-32(40)23(2)38/h5-13,15-16,20,23,26,38,44H,3-4,14,17-19,21-22H2,1-2H3,(H,35,41)(H,36,40)/t23-,26+/m0/s1. The average molecular weight is 674 g/mol. The van der Waals surface area contributed by atoms with Crippen LogP contribution in [0, 0.1) is 5.92 Å². The fourth-order valence-corrected chi connectivity index (χ4v) is 6.54. The zero-order valence-electron chi connectivity index (χ0n) is 25.4. The molecule has 0 bridgehead atoms. The van der Waals surface area contributed by atoms with Gasteiger partial charge in [-0.05, 0) is 43.0 Å². The van der Waals surface area contributed by atoms with E-state index in [2.05, 4.69) is 17.9 Å². The quantitative estimate of drug-likeness (QED) is 0.164. The fourth-order valence-electron chi connectivity index (χ4n) is 4.67. The lowest BCUT2D eigenvalue weighted by Gasteiger charge is -2.24. The van der Waals surface area contributed by atoms with Gasteiger partial charge in [-0.25, -0.2) is 13.1 Å². The van der Waals surface area contributed by atoms with Crippen LogP contribution in [0.2, 0.25) is 5.02 Å². The van der Waals surface area contributed by atoms with E-state index in [0.717, 1.165) is 24.0 Å². The van der Waals surface area contributed by atoms with E-state index in [1.807, 2.05) is 42.0 Å². The van der Waals surface area contributed by atoms with Crippen LogP contribution in [0.25, 0.3) is 11.1 Å². The van der Waals surface area contributed by atoms with Gasteiger partial charge in [0.25, 0.3) is 15.9 Å². The summed E-state index contributed by atoms with van der Waals surface area (Å²) in [6.07, 6.45) is 1.02. The van der Waals surface area contributed by atoms with Crippen LogP contribution >= 0.6 is 24.2 Å². The Morgan fingerprint density at radius 3 is 2.29 bits per heavy atom. The minimum atomic E-state index is -4.30. The molecule has 0 spiro atoms. The Labute approximate surface area is 275 Å². The summed E-state index contributed by atoms with van der Waals surface area (Å²) < 4.78 is 27.8. The molecule has 3 aromatic rings. The van der Waals surface area contributed by atoms with Gasteiger partial charge in [-0.1, -0.05) is 85.6 Å². The molecule has 0 heterocycles. The van der Waals surface area contributed by atoms with E-state index in [9.17, 15) is 27.9 Å². The number of aliphatic hydroxyl groups is 1. The van der Waals surface area contributed by atoms with Crippen LogP contribution in [-0.2, 0) is 37.4 Å². The number of hydrogen-bond acceptors (Lipinski definition) is 7. The van der Waals surface area contributed by atoms with Crippen molar-refractivity contribution < 1.29 is 27.9 Å². The number of rotatable bonds is 16. The highest BCUT2D eigenvalue weighted by Gasteiger charge is 2.25. The van der Waals surface area contributed by atoms with Crippen molar-refractivity contribution in [3.05, 3.63) is 88.9 Å². The normalized spacial score (nSPS) is 12.6. The Balaban J connectivity index is 1.76. The summed E-state index contributed by atoms with van der Waals surface area (Å²) in [6, 6.07) is 20.9. The van der Waals surface area contributed by atoms with E-state index < -0.39 is 22.0 Å². The van der Waals surface area contributed by atoms with E-state index in [1.165, 1.54) is 19.1 Å². The number of unbranched alkanes of at least 4 members (excludes halogenated alkanes) is 1. The van der Waals surface area contributed by atoms with E-state index in [0.29, 0.717) is 30.7 Å². The first-order valence-corrected chi connectivity index (χ1v) is 17.3. The van der Waals surface area contributed by atoms with Gasteiger partial charge in [0.1, 0.15) is 6.10 Å². The number of halogens is 1. The molecule has 2 atom stereocenters. The number of nitrogens with zero attached hydrogens (tertiary/aromatic N) is 1. The summed E-state index contributed by atoms with van der Waals surface area (Å²) in [5.41, 5.74) is 2.46. The predicted octanol–water partition coefficient (Wildman–Crippen LogP) is 4.62. The molecular formula is C33H40ClN3O6S2. The second kappa shape index (κ2) is 17.4. The third kappa shape index (κ3) is 10.6. The van der Waals surface area contributed by atoms with Crippen molar-refractivity contribution in [1.82, 2.24) is 14.9 Å². The molecule has 12 heteroatoms. The minimum Gasteiger partial charge on any atom is -0.384 e. The first-order chi connectivity index (χ1) is 21.5. The lowest BCUT2D eigenvalue weighted by Crippen LogP contribution is -2.40. The van der Waals surface area contributed by atoms with Gasteiger partial charge >= 0.3 is 0 Å². The van der Waals surface area contributed by atoms with Crippen LogP contribution in [-0.4, -0.2) is 61.1 Å². The molecule has 3 N–H and O–H groups in total. The second-order valence-electron chi connectivity index (χ2n) is 10.7. The van der Waals surface area contributed by atoms with Crippen LogP contribution in [0.1, 0.15) is 44.2 Å². The molecule has 0 saturated carbocycles. The number of carbonyl (C=O) groups is 3. The molecule has 242 valence electrons. The summed E-state index contributed by atoms with van der Waals surface area (Å²) in [5, 5.41) is 12.7. The molecule has 0 saturated heterocycles. The highest BCUT2D eigenvalue weighted by molar-refractivity contribution is 7.90. The summed E-state index contributed by atoms with van der Waals surface area (Å²) in [4.78, 5) is 39.5. The van der Waals surface area contributed by atoms with Crippen LogP contribution in [0.3, 0.4) is 0 Å². The summed E-state index contributed by atoms with van der Waals surface area (Å²) in [5.74, 6) is -1.14. The van der Waals surface area contributed by atoms with Crippen molar-refractivity contribution in [2.75, 3.05) is 18.8 Å². The molecular weight excluding hydrogens is 634 g/mol. The number of thiol groups is 1. The Morgan fingerprint density at radius 1 is 0.956 bits per heavy atom. The number of nitrogens with one attached hydrogen (secondary N) is 2. The maximum Gasteiger partial charge on any atom is 0.264 e. The molecule has 9 nitrogen and oxygen atoms in total. The Morgan fingerprint density at radius 2 is 1.64 bits per heavy atom. The van der Waals surface area contributed by atoms with Crippen LogP contribution < -0.4 is 10.0 Å². The number of hydrogen-bond donors (Lipinski definition) is 4. The molecule has 0 aliphatic heterocycles. The minimum absolute atomic E-state index is 0.0494. The highest BCUT2D eigenvalue weighted by atomic mass is 35.5. The molecule has 0 aliphatic rings. The van der Waals surface area contributed by atoms with Gasteiger partial charge in [0.05, 0.1) is 10.8 Å². The van der Waals surface area contributed by atoms with Crippen molar-refractivity contribution in [2.24, 2.45) is 5.92 Å². The molecule has 0 fully saturated rings. The van der Waals surface area contributed by atoms with E-state index in [4.69, 9.17) is 11.6 Å².